The third-order valence-electron chi connectivity index (χ3n) is 2.51. The van der Waals surface area contributed by atoms with Crippen molar-refractivity contribution in [2.45, 2.75) is 32.2 Å². The molecule has 18 heavy (non-hydrogen) atoms. The number of aliphatic imine (C=N–C) groups is 1. The third kappa shape index (κ3) is 6.83. The molecule has 0 heterocycles. The second-order valence-electron chi connectivity index (χ2n) is 3.87. The van der Waals surface area contributed by atoms with Crippen LogP contribution in [0.4, 0.5) is 0 Å². The zero-order chi connectivity index (χ0) is 12.5. The molecule has 5 nitrogen and oxygen atoms in total. The number of carbonyl (C=O) groups excluding carboxylic acids is 1. The standard InChI is InChI=1S/C12H21N3O2.HI/c1-3-13-12(14-9-8-11(16)17-2)15-10-6-4-5-7-10;/h4-5,10H,3,6-9H2,1-2H3,(H2,13,14,15);1H. The molecular formula is C12H22IN3O2. The van der Waals surface area contributed by atoms with Crippen molar-refractivity contribution in [3.63, 3.8) is 0 Å². The fourth-order valence-corrected chi connectivity index (χ4v) is 1.61. The Balaban J connectivity index is 0.00000289. The summed E-state index contributed by atoms with van der Waals surface area (Å²) in [6.45, 7) is 3.27. The Labute approximate surface area is 125 Å². The molecule has 0 radical (unpaired) electrons. The molecule has 104 valence electrons. The quantitative estimate of drug-likeness (QED) is 0.254. The maximum atomic E-state index is 11.0. The minimum Gasteiger partial charge on any atom is -0.469 e. The van der Waals surface area contributed by atoms with E-state index in [4.69, 9.17) is 0 Å². The van der Waals surface area contributed by atoms with Crippen LogP contribution in [0, 0.1) is 0 Å². The molecule has 1 aliphatic rings. The Bertz CT molecular complexity index is 298. The van der Waals surface area contributed by atoms with Gasteiger partial charge in [0.25, 0.3) is 0 Å². The highest BCUT2D eigenvalue weighted by Crippen LogP contribution is 2.08. The van der Waals surface area contributed by atoms with Gasteiger partial charge < -0.3 is 15.4 Å². The molecule has 0 aliphatic heterocycles. The SMILES string of the molecule is CCNC(=NCCC(=O)OC)NC1CC=CC1.I. The van der Waals surface area contributed by atoms with Crippen molar-refractivity contribution < 1.29 is 9.53 Å². The van der Waals surface area contributed by atoms with E-state index >= 15 is 0 Å². The Morgan fingerprint density at radius 3 is 2.67 bits per heavy atom. The maximum absolute atomic E-state index is 11.0. The van der Waals surface area contributed by atoms with Crippen molar-refractivity contribution in [3.05, 3.63) is 12.2 Å². The summed E-state index contributed by atoms with van der Waals surface area (Å²) in [6.07, 6.45) is 6.70. The van der Waals surface area contributed by atoms with Crippen LogP contribution in [0.25, 0.3) is 0 Å². The number of halogens is 1. The lowest BCUT2D eigenvalue weighted by molar-refractivity contribution is -0.140. The highest BCUT2D eigenvalue weighted by Gasteiger charge is 2.11. The van der Waals surface area contributed by atoms with E-state index in [0.29, 0.717) is 19.0 Å². The van der Waals surface area contributed by atoms with Gasteiger partial charge in [0.1, 0.15) is 0 Å². The van der Waals surface area contributed by atoms with Crippen LogP contribution in [-0.4, -0.2) is 38.2 Å². The Morgan fingerprint density at radius 2 is 2.11 bits per heavy atom. The van der Waals surface area contributed by atoms with Crippen LogP contribution in [-0.2, 0) is 9.53 Å². The predicted octanol–water partition coefficient (Wildman–Crippen LogP) is 1.44. The number of hydrogen-bond donors (Lipinski definition) is 2. The number of hydrogen-bond acceptors (Lipinski definition) is 3. The van der Waals surface area contributed by atoms with Crippen molar-refractivity contribution in [1.29, 1.82) is 0 Å². The second kappa shape index (κ2) is 10.2. The number of nitrogens with zero attached hydrogens (tertiary/aromatic N) is 1. The second-order valence-corrected chi connectivity index (χ2v) is 3.87. The Hall–Kier alpha value is -0.790. The van der Waals surface area contributed by atoms with E-state index in [2.05, 4.69) is 32.5 Å². The smallest absolute Gasteiger partial charge is 0.307 e. The first-order valence-electron chi connectivity index (χ1n) is 6.03. The normalized spacial score (nSPS) is 15.1. The molecule has 0 aromatic heterocycles. The van der Waals surface area contributed by atoms with E-state index < -0.39 is 0 Å². The molecule has 0 unspecified atom stereocenters. The fraction of sp³-hybridized carbons (Fsp3) is 0.667. The molecule has 0 fully saturated rings. The first-order valence-corrected chi connectivity index (χ1v) is 6.03. The van der Waals surface area contributed by atoms with E-state index in [-0.39, 0.29) is 29.9 Å². The van der Waals surface area contributed by atoms with Gasteiger partial charge in [-0.05, 0) is 19.8 Å². The monoisotopic (exact) mass is 367 g/mol. The number of nitrogens with one attached hydrogen (secondary N) is 2. The molecule has 1 aliphatic carbocycles. The summed E-state index contributed by atoms with van der Waals surface area (Å²) in [5.74, 6) is 0.539. The van der Waals surface area contributed by atoms with E-state index in [1.165, 1.54) is 7.11 Å². The largest absolute Gasteiger partial charge is 0.469 e. The summed E-state index contributed by atoms with van der Waals surface area (Å²) in [5, 5.41) is 6.49. The van der Waals surface area contributed by atoms with Crippen LogP contribution in [0.5, 0.6) is 0 Å². The van der Waals surface area contributed by atoms with Gasteiger partial charge in [0.15, 0.2) is 5.96 Å². The topological polar surface area (TPSA) is 62.7 Å². The molecule has 0 spiro atoms. The summed E-state index contributed by atoms with van der Waals surface area (Å²) in [6, 6.07) is 0.422. The van der Waals surface area contributed by atoms with Gasteiger partial charge in [-0.2, -0.15) is 0 Å². The molecule has 0 aromatic rings. The number of guanidine groups is 1. The molecule has 0 saturated heterocycles. The number of rotatable bonds is 5. The zero-order valence-electron chi connectivity index (χ0n) is 10.9. The van der Waals surface area contributed by atoms with Crippen LogP contribution < -0.4 is 10.6 Å². The van der Waals surface area contributed by atoms with Gasteiger partial charge >= 0.3 is 5.97 Å². The van der Waals surface area contributed by atoms with Gasteiger partial charge in [0, 0.05) is 12.6 Å². The van der Waals surface area contributed by atoms with E-state index in [0.717, 1.165) is 25.3 Å². The molecular weight excluding hydrogens is 345 g/mol. The summed E-state index contributed by atoms with van der Waals surface area (Å²) in [4.78, 5) is 15.3. The Kier molecular flexibility index (Phi) is 9.72. The van der Waals surface area contributed by atoms with Gasteiger partial charge in [-0.1, -0.05) is 12.2 Å². The van der Waals surface area contributed by atoms with Crippen LogP contribution in [0.3, 0.4) is 0 Å². The molecule has 0 atom stereocenters. The predicted molar refractivity (Wildman–Crippen MR) is 83.3 cm³/mol. The fourth-order valence-electron chi connectivity index (χ4n) is 1.61. The minimum atomic E-state index is -0.230. The summed E-state index contributed by atoms with van der Waals surface area (Å²) < 4.78 is 4.57. The van der Waals surface area contributed by atoms with Gasteiger partial charge in [-0.25, -0.2) is 0 Å². The molecule has 0 saturated carbocycles. The molecule has 0 aromatic carbocycles. The maximum Gasteiger partial charge on any atom is 0.307 e. The first kappa shape index (κ1) is 17.2. The summed E-state index contributed by atoms with van der Waals surface area (Å²) in [7, 11) is 1.39. The van der Waals surface area contributed by atoms with Crippen LogP contribution in [0.2, 0.25) is 0 Å². The van der Waals surface area contributed by atoms with Crippen molar-refractivity contribution in [2.75, 3.05) is 20.2 Å². The third-order valence-corrected chi connectivity index (χ3v) is 2.51. The van der Waals surface area contributed by atoms with Crippen LogP contribution in [0.1, 0.15) is 26.2 Å². The summed E-state index contributed by atoms with van der Waals surface area (Å²) in [5.41, 5.74) is 0. The average molecular weight is 367 g/mol. The lowest BCUT2D eigenvalue weighted by atomic mass is 10.2. The summed E-state index contributed by atoms with van der Waals surface area (Å²) >= 11 is 0. The van der Waals surface area contributed by atoms with Crippen LogP contribution in [0.15, 0.2) is 17.1 Å². The lowest BCUT2D eigenvalue weighted by Crippen LogP contribution is -2.42. The van der Waals surface area contributed by atoms with Crippen molar-refractivity contribution >= 4 is 35.9 Å². The molecule has 0 bridgehead atoms. The highest BCUT2D eigenvalue weighted by atomic mass is 127. The highest BCUT2D eigenvalue weighted by molar-refractivity contribution is 14.0. The van der Waals surface area contributed by atoms with E-state index in [1.807, 2.05) is 6.92 Å². The van der Waals surface area contributed by atoms with Crippen molar-refractivity contribution in [2.24, 2.45) is 4.99 Å². The molecule has 2 N–H and O–H groups in total. The number of carbonyl (C=O) groups is 1. The first-order chi connectivity index (χ1) is 8.26. The Morgan fingerprint density at radius 1 is 1.44 bits per heavy atom. The molecule has 1 rings (SSSR count). The van der Waals surface area contributed by atoms with E-state index in [1.54, 1.807) is 0 Å². The van der Waals surface area contributed by atoms with Gasteiger partial charge in [-0.3, -0.25) is 9.79 Å². The molecule has 6 heteroatoms. The lowest BCUT2D eigenvalue weighted by Gasteiger charge is -2.16. The van der Waals surface area contributed by atoms with Crippen molar-refractivity contribution in [1.82, 2.24) is 10.6 Å². The zero-order valence-corrected chi connectivity index (χ0v) is 13.3. The van der Waals surface area contributed by atoms with Gasteiger partial charge in [0.2, 0.25) is 0 Å². The van der Waals surface area contributed by atoms with E-state index in [9.17, 15) is 4.79 Å². The van der Waals surface area contributed by atoms with Crippen molar-refractivity contribution in [3.8, 4) is 0 Å². The molecule has 0 amide bonds. The number of esters is 1. The average Bonchev–Trinajstić information content (AvgIpc) is 2.81. The minimum absolute atomic E-state index is 0. The number of methoxy groups -OCH3 is 1. The van der Waals surface area contributed by atoms with Gasteiger partial charge in [0.05, 0.1) is 20.1 Å². The number of ether oxygens (including phenoxy) is 1. The van der Waals surface area contributed by atoms with Gasteiger partial charge in [-0.15, -0.1) is 24.0 Å². The van der Waals surface area contributed by atoms with Crippen LogP contribution >= 0.6 is 24.0 Å².